The molecule has 26 heavy (non-hydrogen) atoms. The SMILES string of the molecule is O=c1cc(C(F)(F)C(F)(F)F)c2c(C3CC3)nn(-c3ccccc3)c2[nH]1. The van der Waals surface area contributed by atoms with Crippen LogP contribution < -0.4 is 5.56 Å². The molecule has 1 aliphatic carbocycles. The van der Waals surface area contributed by atoms with Gasteiger partial charge in [0.15, 0.2) is 0 Å². The lowest BCUT2D eigenvalue weighted by atomic mass is 10.0. The van der Waals surface area contributed by atoms with Crippen molar-refractivity contribution in [3.8, 4) is 5.69 Å². The zero-order valence-corrected chi connectivity index (χ0v) is 13.1. The van der Waals surface area contributed by atoms with Gasteiger partial charge >= 0.3 is 12.1 Å². The summed E-state index contributed by atoms with van der Waals surface area (Å²) in [7, 11) is 0. The highest BCUT2D eigenvalue weighted by Gasteiger charge is 2.60. The topological polar surface area (TPSA) is 50.7 Å². The van der Waals surface area contributed by atoms with Crippen LogP contribution in [0.2, 0.25) is 0 Å². The van der Waals surface area contributed by atoms with Crippen molar-refractivity contribution in [3.05, 3.63) is 58.0 Å². The Labute approximate surface area is 143 Å². The normalized spacial score (nSPS) is 15.6. The van der Waals surface area contributed by atoms with E-state index in [2.05, 4.69) is 10.1 Å². The van der Waals surface area contributed by atoms with Crippen molar-refractivity contribution in [1.82, 2.24) is 14.8 Å². The summed E-state index contributed by atoms with van der Waals surface area (Å²) >= 11 is 0. The number of alkyl halides is 5. The summed E-state index contributed by atoms with van der Waals surface area (Å²) < 4.78 is 68.4. The highest BCUT2D eigenvalue weighted by atomic mass is 19.4. The van der Waals surface area contributed by atoms with E-state index in [-0.39, 0.29) is 22.6 Å². The van der Waals surface area contributed by atoms with E-state index in [1.807, 2.05) is 0 Å². The number of pyridine rings is 1. The van der Waals surface area contributed by atoms with Gasteiger partial charge in [-0.05, 0) is 25.0 Å². The summed E-state index contributed by atoms with van der Waals surface area (Å²) in [4.78, 5) is 14.2. The van der Waals surface area contributed by atoms with Gasteiger partial charge in [0.2, 0.25) is 5.56 Å². The van der Waals surface area contributed by atoms with Crippen molar-refractivity contribution < 1.29 is 22.0 Å². The van der Waals surface area contributed by atoms with Crippen molar-refractivity contribution >= 4 is 11.0 Å². The predicted octanol–water partition coefficient (Wildman–Crippen LogP) is 4.25. The number of nitrogens with one attached hydrogen (secondary N) is 1. The van der Waals surface area contributed by atoms with Crippen LogP contribution in [0.4, 0.5) is 22.0 Å². The fourth-order valence-corrected chi connectivity index (χ4v) is 2.97. The van der Waals surface area contributed by atoms with Gasteiger partial charge in [0.25, 0.3) is 0 Å². The minimum Gasteiger partial charge on any atom is -0.306 e. The molecule has 0 spiro atoms. The molecule has 2 aromatic heterocycles. The predicted molar refractivity (Wildman–Crippen MR) is 83.6 cm³/mol. The summed E-state index contributed by atoms with van der Waals surface area (Å²) in [6, 6.07) is 8.63. The molecular formula is C17H12F5N3O. The number of fused-ring (bicyclic) bond motifs is 1. The van der Waals surface area contributed by atoms with Gasteiger partial charge < -0.3 is 4.98 Å². The van der Waals surface area contributed by atoms with Crippen LogP contribution in [0.25, 0.3) is 16.7 Å². The van der Waals surface area contributed by atoms with Crippen LogP contribution in [0.15, 0.2) is 41.2 Å². The zero-order chi connectivity index (χ0) is 18.7. The Morgan fingerprint density at radius 2 is 1.73 bits per heavy atom. The molecule has 1 fully saturated rings. The number of hydrogen-bond donors (Lipinski definition) is 1. The van der Waals surface area contributed by atoms with Crippen LogP contribution in [0.1, 0.15) is 30.0 Å². The lowest BCUT2D eigenvalue weighted by Crippen LogP contribution is -2.35. The van der Waals surface area contributed by atoms with E-state index >= 15 is 0 Å². The molecule has 2 heterocycles. The van der Waals surface area contributed by atoms with Gasteiger partial charge in [0, 0.05) is 17.5 Å². The third-order valence-corrected chi connectivity index (χ3v) is 4.36. The second-order valence-electron chi connectivity index (χ2n) is 6.25. The first kappa shape index (κ1) is 16.7. The summed E-state index contributed by atoms with van der Waals surface area (Å²) in [5.41, 5.74) is -1.96. The first-order chi connectivity index (χ1) is 12.2. The molecule has 9 heteroatoms. The minimum atomic E-state index is -5.82. The summed E-state index contributed by atoms with van der Waals surface area (Å²) in [5, 5.41) is 3.93. The fraction of sp³-hybridized carbons (Fsp3) is 0.294. The number of hydrogen-bond acceptors (Lipinski definition) is 2. The number of halogens is 5. The van der Waals surface area contributed by atoms with E-state index < -0.39 is 23.2 Å². The summed E-state index contributed by atoms with van der Waals surface area (Å²) in [5.74, 6) is -5.36. The maximum atomic E-state index is 14.1. The molecule has 1 saturated carbocycles. The first-order valence-electron chi connectivity index (χ1n) is 7.86. The average molecular weight is 369 g/mol. The van der Waals surface area contributed by atoms with Crippen molar-refractivity contribution in [2.24, 2.45) is 0 Å². The Morgan fingerprint density at radius 3 is 2.31 bits per heavy atom. The van der Waals surface area contributed by atoms with Gasteiger partial charge in [0.1, 0.15) is 5.65 Å². The molecule has 4 rings (SSSR count). The summed E-state index contributed by atoms with van der Waals surface area (Å²) in [6.07, 6.45) is -4.52. The van der Waals surface area contributed by atoms with E-state index in [1.165, 1.54) is 4.68 Å². The quantitative estimate of drug-likeness (QED) is 0.702. The summed E-state index contributed by atoms with van der Waals surface area (Å²) in [6.45, 7) is 0. The Kier molecular flexibility index (Phi) is 3.47. The van der Waals surface area contributed by atoms with Crippen LogP contribution >= 0.6 is 0 Å². The van der Waals surface area contributed by atoms with Gasteiger partial charge in [-0.2, -0.15) is 27.1 Å². The first-order valence-corrected chi connectivity index (χ1v) is 7.86. The number of H-pyrrole nitrogens is 1. The number of aromatic nitrogens is 3. The average Bonchev–Trinajstić information content (AvgIpc) is 3.35. The second kappa shape index (κ2) is 5.39. The fourth-order valence-electron chi connectivity index (χ4n) is 2.97. The van der Waals surface area contributed by atoms with Crippen molar-refractivity contribution in [2.75, 3.05) is 0 Å². The Balaban J connectivity index is 2.09. The molecule has 0 atom stereocenters. The van der Waals surface area contributed by atoms with Crippen molar-refractivity contribution in [3.63, 3.8) is 0 Å². The van der Waals surface area contributed by atoms with Gasteiger partial charge in [-0.15, -0.1) is 0 Å². The van der Waals surface area contributed by atoms with E-state index in [9.17, 15) is 26.7 Å². The number of aromatic amines is 1. The van der Waals surface area contributed by atoms with Crippen LogP contribution in [0, 0.1) is 0 Å². The molecule has 0 unspecified atom stereocenters. The van der Waals surface area contributed by atoms with Crippen molar-refractivity contribution in [1.29, 1.82) is 0 Å². The van der Waals surface area contributed by atoms with E-state index in [4.69, 9.17) is 0 Å². The molecule has 0 bridgehead atoms. The molecule has 1 N–H and O–H groups in total. The van der Waals surface area contributed by atoms with Crippen molar-refractivity contribution in [2.45, 2.75) is 30.9 Å². The van der Waals surface area contributed by atoms with E-state index in [0.29, 0.717) is 24.6 Å². The maximum Gasteiger partial charge on any atom is 0.458 e. The van der Waals surface area contributed by atoms with Crippen LogP contribution in [-0.2, 0) is 5.92 Å². The molecule has 1 aliphatic rings. The number of benzene rings is 1. The number of rotatable bonds is 3. The molecule has 0 aliphatic heterocycles. The molecular weight excluding hydrogens is 357 g/mol. The lowest BCUT2D eigenvalue weighted by Gasteiger charge is -2.20. The van der Waals surface area contributed by atoms with Gasteiger partial charge in [0.05, 0.1) is 16.8 Å². The standard InChI is InChI=1S/C17H12F5N3O/c18-16(19,17(20,21)22)11-8-12(26)23-15-13(11)14(9-6-7-9)24-25(15)10-4-2-1-3-5-10/h1-5,8-9H,6-7H2,(H,23,26). The van der Waals surface area contributed by atoms with E-state index in [0.717, 1.165) is 0 Å². The van der Waals surface area contributed by atoms with Crippen LogP contribution in [0.3, 0.4) is 0 Å². The Hall–Kier alpha value is -2.71. The van der Waals surface area contributed by atoms with Gasteiger partial charge in [-0.3, -0.25) is 4.79 Å². The molecule has 136 valence electrons. The Bertz CT molecular complexity index is 1030. The third kappa shape index (κ3) is 2.49. The molecule has 0 amide bonds. The highest BCUT2D eigenvalue weighted by Crippen LogP contribution is 2.49. The molecule has 4 nitrogen and oxygen atoms in total. The molecule has 1 aromatic carbocycles. The Morgan fingerprint density at radius 1 is 1.08 bits per heavy atom. The second-order valence-corrected chi connectivity index (χ2v) is 6.25. The number of nitrogens with zero attached hydrogens (tertiary/aromatic N) is 2. The van der Waals surface area contributed by atoms with E-state index in [1.54, 1.807) is 30.3 Å². The van der Waals surface area contributed by atoms with Gasteiger partial charge in [-0.25, -0.2) is 4.68 Å². The maximum absolute atomic E-state index is 14.1. The largest absolute Gasteiger partial charge is 0.458 e. The lowest BCUT2D eigenvalue weighted by molar-refractivity contribution is -0.288. The van der Waals surface area contributed by atoms with Gasteiger partial charge in [-0.1, -0.05) is 18.2 Å². The number of para-hydroxylation sites is 1. The monoisotopic (exact) mass is 369 g/mol. The van der Waals surface area contributed by atoms with Crippen LogP contribution in [-0.4, -0.2) is 20.9 Å². The smallest absolute Gasteiger partial charge is 0.306 e. The van der Waals surface area contributed by atoms with Crippen LogP contribution in [0.5, 0.6) is 0 Å². The molecule has 0 saturated heterocycles. The molecule has 0 radical (unpaired) electrons. The third-order valence-electron chi connectivity index (χ3n) is 4.36. The zero-order valence-electron chi connectivity index (χ0n) is 13.1. The molecule has 3 aromatic rings. The minimum absolute atomic E-state index is 0.152. The highest BCUT2D eigenvalue weighted by molar-refractivity contribution is 5.85.